The molecule has 0 aromatic carbocycles. The topological polar surface area (TPSA) is 26.3 Å². The quantitative estimate of drug-likeness (QED) is 0.656. The van der Waals surface area contributed by atoms with Crippen LogP contribution >= 0.6 is 0 Å². The van der Waals surface area contributed by atoms with Gasteiger partial charge in [0.05, 0.1) is 5.60 Å². The zero-order chi connectivity index (χ0) is 15.5. The van der Waals surface area contributed by atoms with E-state index in [0.717, 1.165) is 25.7 Å². The molecule has 3 aliphatic rings. The number of Topliss-reactive ketones (excluding diaryl/α,β-unsaturated/α-hetero) is 1. The standard InChI is InChI=1S/C19H30O2/c1-6-17(4)12-13-19(21-17)15(20)9-8-14-16(2,3)10-7-11-18(14,19)5/h6,14H,1,7-13H2,2-5H3/t14-,17+,18-,19?/m1/s1. The summed E-state index contributed by atoms with van der Waals surface area (Å²) < 4.78 is 6.54. The van der Waals surface area contributed by atoms with Gasteiger partial charge in [0.25, 0.3) is 0 Å². The summed E-state index contributed by atoms with van der Waals surface area (Å²) >= 11 is 0. The van der Waals surface area contributed by atoms with Gasteiger partial charge in [-0.2, -0.15) is 0 Å². The van der Waals surface area contributed by atoms with Crippen molar-refractivity contribution in [1.82, 2.24) is 0 Å². The zero-order valence-corrected chi connectivity index (χ0v) is 14.1. The van der Waals surface area contributed by atoms with Crippen molar-refractivity contribution in [3.05, 3.63) is 12.7 Å². The van der Waals surface area contributed by atoms with Crippen LogP contribution in [0.1, 0.15) is 72.6 Å². The Balaban J connectivity index is 2.06. The minimum absolute atomic E-state index is 0.00907. The average Bonchev–Trinajstić information content (AvgIpc) is 2.76. The van der Waals surface area contributed by atoms with Crippen molar-refractivity contribution >= 4 is 5.78 Å². The molecule has 118 valence electrons. The lowest BCUT2D eigenvalue weighted by Crippen LogP contribution is -2.63. The molecular weight excluding hydrogens is 260 g/mol. The highest BCUT2D eigenvalue weighted by Gasteiger charge is 2.67. The molecular formula is C19H30O2. The van der Waals surface area contributed by atoms with Crippen LogP contribution in [0.25, 0.3) is 0 Å². The Morgan fingerprint density at radius 2 is 1.86 bits per heavy atom. The molecule has 1 unspecified atom stereocenters. The Hall–Kier alpha value is -0.630. The number of fused-ring (bicyclic) bond motifs is 2. The van der Waals surface area contributed by atoms with Gasteiger partial charge in [0.2, 0.25) is 0 Å². The molecule has 0 aromatic heterocycles. The lowest BCUT2D eigenvalue weighted by molar-refractivity contribution is -0.209. The van der Waals surface area contributed by atoms with E-state index in [9.17, 15) is 4.79 Å². The Morgan fingerprint density at radius 3 is 2.48 bits per heavy atom. The second-order valence-electron chi connectivity index (χ2n) is 8.72. The van der Waals surface area contributed by atoms with Gasteiger partial charge < -0.3 is 4.74 Å². The van der Waals surface area contributed by atoms with Gasteiger partial charge in [-0.25, -0.2) is 0 Å². The lowest BCUT2D eigenvalue weighted by atomic mass is 9.46. The van der Waals surface area contributed by atoms with Crippen molar-refractivity contribution in [3.63, 3.8) is 0 Å². The summed E-state index contributed by atoms with van der Waals surface area (Å²) in [5.41, 5.74) is -0.583. The maximum absolute atomic E-state index is 12.9. The van der Waals surface area contributed by atoms with Crippen LogP contribution in [0.4, 0.5) is 0 Å². The maximum atomic E-state index is 12.9. The van der Waals surface area contributed by atoms with Gasteiger partial charge >= 0.3 is 0 Å². The van der Waals surface area contributed by atoms with Crippen LogP contribution in [0, 0.1) is 16.7 Å². The van der Waals surface area contributed by atoms with Gasteiger partial charge in [-0.1, -0.05) is 33.3 Å². The number of ketones is 1. The minimum Gasteiger partial charge on any atom is -0.356 e. The molecule has 1 saturated heterocycles. The Bertz CT molecular complexity index is 480. The van der Waals surface area contributed by atoms with Crippen LogP contribution in [-0.4, -0.2) is 17.0 Å². The summed E-state index contributed by atoms with van der Waals surface area (Å²) in [6, 6.07) is 0. The third kappa shape index (κ3) is 1.91. The molecule has 0 N–H and O–H groups in total. The Labute approximate surface area is 129 Å². The molecule has 1 heterocycles. The second-order valence-corrected chi connectivity index (χ2v) is 8.72. The molecule has 0 bridgehead atoms. The number of hydrogen-bond acceptors (Lipinski definition) is 2. The summed E-state index contributed by atoms with van der Waals surface area (Å²) in [5, 5.41) is 0. The first kappa shape index (κ1) is 15.3. The van der Waals surface area contributed by atoms with E-state index in [1.54, 1.807) is 0 Å². The highest BCUT2D eigenvalue weighted by atomic mass is 16.5. The first-order valence-corrected chi connectivity index (χ1v) is 8.56. The van der Waals surface area contributed by atoms with Crippen LogP contribution < -0.4 is 0 Å². The lowest BCUT2D eigenvalue weighted by Gasteiger charge is -2.60. The highest BCUT2D eigenvalue weighted by Crippen LogP contribution is 2.65. The van der Waals surface area contributed by atoms with E-state index in [-0.39, 0.29) is 11.0 Å². The van der Waals surface area contributed by atoms with Gasteiger partial charge in [-0.3, -0.25) is 4.79 Å². The third-order valence-electron chi connectivity index (χ3n) is 7.08. The van der Waals surface area contributed by atoms with E-state index in [4.69, 9.17) is 4.74 Å². The van der Waals surface area contributed by atoms with E-state index in [0.29, 0.717) is 23.5 Å². The van der Waals surface area contributed by atoms with E-state index >= 15 is 0 Å². The first-order chi connectivity index (χ1) is 9.69. The molecule has 4 atom stereocenters. The van der Waals surface area contributed by atoms with Gasteiger partial charge in [0.1, 0.15) is 5.60 Å². The van der Waals surface area contributed by atoms with Gasteiger partial charge in [0, 0.05) is 11.8 Å². The SMILES string of the molecule is C=C[C@@]1(C)CCC2(O1)C(=O)CC[C@@H]1C(C)(C)CCC[C@]12C. The Kier molecular flexibility index (Phi) is 3.23. The smallest absolute Gasteiger partial charge is 0.165 e. The fourth-order valence-corrected chi connectivity index (χ4v) is 5.78. The molecule has 2 heteroatoms. The van der Waals surface area contributed by atoms with E-state index in [1.165, 1.54) is 12.8 Å². The number of hydrogen-bond donors (Lipinski definition) is 0. The zero-order valence-electron chi connectivity index (χ0n) is 14.1. The third-order valence-corrected chi connectivity index (χ3v) is 7.08. The number of rotatable bonds is 1. The monoisotopic (exact) mass is 290 g/mol. The molecule has 3 rings (SSSR count). The average molecular weight is 290 g/mol. The fourth-order valence-electron chi connectivity index (χ4n) is 5.78. The van der Waals surface area contributed by atoms with Gasteiger partial charge in [-0.15, -0.1) is 6.58 Å². The summed E-state index contributed by atoms with van der Waals surface area (Å²) in [6.45, 7) is 13.1. The van der Waals surface area contributed by atoms with Crippen molar-refractivity contribution in [3.8, 4) is 0 Å². The van der Waals surface area contributed by atoms with Crippen LogP contribution in [0.3, 0.4) is 0 Å². The van der Waals surface area contributed by atoms with Crippen LogP contribution in [0.15, 0.2) is 12.7 Å². The van der Waals surface area contributed by atoms with Crippen LogP contribution in [0.2, 0.25) is 0 Å². The summed E-state index contributed by atoms with van der Waals surface area (Å²) in [5.74, 6) is 0.938. The first-order valence-electron chi connectivity index (χ1n) is 8.56. The molecule has 1 aliphatic heterocycles. The molecule has 0 aromatic rings. The maximum Gasteiger partial charge on any atom is 0.165 e. The highest BCUT2D eigenvalue weighted by molar-refractivity contribution is 5.90. The van der Waals surface area contributed by atoms with Gasteiger partial charge in [-0.05, 0) is 50.4 Å². The van der Waals surface area contributed by atoms with Crippen molar-refractivity contribution in [1.29, 1.82) is 0 Å². The van der Waals surface area contributed by atoms with E-state index in [2.05, 4.69) is 34.3 Å². The molecule has 0 amide bonds. The van der Waals surface area contributed by atoms with E-state index < -0.39 is 5.60 Å². The Morgan fingerprint density at radius 1 is 1.14 bits per heavy atom. The summed E-state index contributed by atoms with van der Waals surface area (Å²) in [6.07, 6.45) is 9.03. The number of carbonyl (C=O) groups is 1. The molecule has 3 fully saturated rings. The summed E-state index contributed by atoms with van der Waals surface area (Å²) in [4.78, 5) is 12.9. The fraction of sp³-hybridized carbons (Fsp3) is 0.842. The van der Waals surface area contributed by atoms with Crippen LogP contribution in [0.5, 0.6) is 0 Å². The predicted octanol–water partition coefficient (Wildman–Crippen LogP) is 4.68. The largest absolute Gasteiger partial charge is 0.356 e. The number of carbonyl (C=O) groups excluding carboxylic acids is 1. The molecule has 0 radical (unpaired) electrons. The summed E-state index contributed by atoms with van der Waals surface area (Å²) in [7, 11) is 0. The molecule has 2 nitrogen and oxygen atoms in total. The van der Waals surface area contributed by atoms with Crippen molar-refractivity contribution in [2.45, 2.75) is 83.8 Å². The normalized spacial score (nSPS) is 49.1. The predicted molar refractivity (Wildman–Crippen MR) is 85.1 cm³/mol. The molecule has 2 saturated carbocycles. The van der Waals surface area contributed by atoms with Crippen LogP contribution in [-0.2, 0) is 9.53 Å². The number of ether oxygens (including phenoxy) is 1. The minimum atomic E-state index is -0.559. The van der Waals surface area contributed by atoms with Crippen molar-refractivity contribution in [2.75, 3.05) is 0 Å². The van der Waals surface area contributed by atoms with Gasteiger partial charge in [0.15, 0.2) is 5.78 Å². The molecule has 21 heavy (non-hydrogen) atoms. The van der Waals surface area contributed by atoms with Crippen molar-refractivity contribution < 1.29 is 9.53 Å². The second kappa shape index (κ2) is 4.44. The van der Waals surface area contributed by atoms with Crippen molar-refractivity contribution in [2.24, 2.45) is 16.7 Å². The van der Waals surface area contributed by atoms with E-state index in [1.807, 2.05) is 6.08 Å². The molecule has 2 aliphatic carbocycles. The molecule has 1 spiro atoms.